The summed E-state index contributed by atoms with van der Waals surface area (Å²) in [6.45, 7) is -0.678. The van der Waals surface area contributed by atoms with Crippen molar-refractivity contribution in [3.05, 3.63) is 29.6 Å². The predicted octanol–water partition coefficient (Wildman–Crippen LogP) is -0.527. The SMILES string of the molecule is CON(Cc1ccc(F)cc1S(C)=O)C(=O)C1CN(CCO)C(=O)C1=O. The number of amides is 2. The molecule has 26 heavy (non-hydrogen) atoms. The number of hydrogen-bond donors (Lipinski definition) is 1. The van der Waals surface area contributed by atoms with Crippen LogP contribution in [0.2, 0.25) is 0 Å². The molecule has 0 radical (unpaired) electrons. The third kappa shape index (κ3) is 4.14. The normalized spacial score (nSPS) is 18.3. The first-order valence-corrected chi connectivity index (χ1v) is 9.27. The highest BCUT2D eigenvalue weighted by molar-refractivity contribution is 7.84. The number of carbonyl (C=O) groups excluding carboxylic acids is 3. The molecule has 1 fully saturated rings. The van der Waals surface area contributed by atoms with Crippen LogP contribution < -0.4 is 0 Å². The fraction of sp³-hybridized carbons (Fsp3) is 0.438. The van der Waals surface area contributed by atoms with E-state index >= 15 is 0 Å². The van der Waals surface area contributed by atoms with E-state index in [-0.39, 0.29) is 31.1 Å². The van der Waals surface area contributed by atoms with Crippen molar-refractivity contribution >= 4 is 28.4 Å². The van der Waals surface area contributed by atoms with Crippen LogP contribution in [0.25, 0.3) is 0 Å². The van der Waals surface area contributed by atoms with Gasteiger partial charge in [-0.25, -0.2) is 9.45 Å². The zero-order valence-corrected chi connectivity index (χ0v) is 15.1. The number of hydrogen-bond acceptors (Lipinski definition) is 6. The molecule has 10 heteroatoms. The van der Waals surface area contributed by atoms with E-state index < -0.39 is 40.1 Å². The predicted molar refractivity (Wildman–Crippen MR) is 88.5 cm³/mol. The second-order valence-corrected chi connectivity index (χ2v) is 7.00. The topological polar surface area (TPSA) is 104 Å². The van der Waals surface area contributed by atoms with Crippen LogP contribution in [0, 0.1) is 11.7 Å². The molecular formula is C16H19FN2O6S. The molecule has 0 bridgehead atoms. The summed E-state index contributed by atoms with van der Waals surface area (Å²) >= 11 is 0. The number of benzene rings is 1. The van der Waals surface area contributed by atoms with Gasteiger partial charge in [-0.2, -0.15) is 0 Å². The van der Waals surface area contributed by atoms with Gasteiger partial charge in [-0.3, -0.25) is 23.4 Å². The third-order valence-corrected chi connectivity index (χ3v) is 5.00. The molecule has 1 aliphatic heterocycles. The van der Waals surface area contributed by atoms with Gasteiger partial charge in [0.2, 0.25) is 5.78 Å². The molecule has 142 valence electrons. The number of hydroxylamine groups is 2. The minimum atomic E-state index is -1.50. The van der Waals surface area contributed by atoms with Crippen LogP contribution in [0.15, 0.2) is 23.1 Å². The Labute approximate surface area is 151 Å². The summed E-state index contributed by atoms with van der Waals surface area (Å²) in [5, 5.41) is 9.80. The van der Waals surface area contributed by atoms with E-state index in [1.54, 1.807) is 0 Å². The Morgan fingerprint density at radius 3 is 2.73 bits per heavy atom. The molecule has 8 nitrogen and oxygen atoms in total. The largest absolute Gasteiger partial charge is 0.395 e. The maximum Gasteiger partial charge on any atom is 0.290 e. The zero-order valence-electron chi connectivity index (χ0n) is 14.3. The van der Waals surface area contributed by atoms with Gasteiger partial charge in [-0.1, -0.05) is 6.07 Å². The number of halogens is 1. The second-order valence-electron chi connectivity index (χ2n) is 5.66. The Hall–Kier alpha value is -2.17. The van der Waals surface area contributed by atoms with Crippen molar-refractivity contribution < 1.29 is 32.9 Å². The van der Waals surface area contributed by atoms with Gasteiger partial charge in [0.05, 0.1) is 31.1 Å². The number of Topliss-reactive ketones (excluding diaryl/α,β-unsaturated/α-hetero) is 1. The first-order chi connectivity index (χ1) is 12.3. The monoisotopic (exact) mass is 386 g/mol. The maximum absolute atomic E-state index is 13.4. The second kappa shape index (κ2) is 8.47. The average molecular weight is 386 g/mol. The summed E-state index contributed by atoms with van der Waals surface area (Å²) in [6.07, 6.45) is 1.38. The average Bonchev–Trinajstić information content (AvgIpc) is 2.88. The first kappa shape index (κ1) is 20.1. The minimum absolute atomic E-state index is 0.0434. The summed E-state index contributed by atoms with van der Waals surface area (Å²) in [5.74, 6) is -4.24. The van der Waals surface area contributed by atoms with E-state index in [1.165, 1.54) is 19.4 Å². The zero-order chi connectivity index (χ0) is 19.4. The van der Waals surface area contributed by atoms with E-state index in [0.29, 0.717) is 5.56 Å². The fourth-order valence-electron chi connectivity index (χ4n) is 2.68. The number of aliphatic hydroxyl groups excluding tert-OH is 1. The summed E-state index contributed by atoms with van der Waals surface area (Å²) < 4.78 is 25.2. The molecule has 0 spiro atoms. The van der Waals surface area contributed by atoms with Crippen LogP contribution in [0.1, 0.15) is 5.56 Å². The Bertz CT molecular complexity index is 756. The van der Waals surface area contributed by atoms with Crippen molar-refractivity contribution in [3.8, 4) is 0 Å². The quantitative estimate of drug-likeness (QED) is 0.384. The molecule has 2 rings (SSSR count). The van der Waals surface area contributed by atoms with Crippen molar-refractivity contribution in [2.45, 2.75) is 11.4 Å². The highest BCUT2D eigenvalue weighted by Gasteiger charge is 2.44. The highest BCUT2D eigenvalue weighted by Crippen LogP contribution is 2.21. The van der Waals surface area contributed by atoms with Crippen molar-refractivity contribution in [1.82, 2.24) is 9.96 Å². The highest BCUT2D eigenvalue weighted by atomic mass is 32.2. The lowest BCUT2D eigenvalue weighted by Crippen LogP contribution is -2.39. The molecule has 1 N–H and O–H groups in total. The van der Waals surface area contributed by atoms with Gasteiger partial charge in [0, 0.05) is 24.2 Å². The van der Waals surface area contributed by atoms with E-state index in [1.807, 2.05) is 0 Å². The molecule has 1 heterocycles. The first-order valence-electron chi connectivity index (χ1n) is 7.71. The maximum atomic E-state index is 13.4. The molecule has 0 aromatic heterocycles. The van der Waals surface area contributed by atoms with Crippen LogP contribution in [-0.4, -0.2) is 69.9 Å². The third-order valence-electron chi connectivity index (χ3n) is 4.00. The lowest BCUT2D eigenvalue weighted by Gasteiger charge is -2.23. The lowest BCUT2D eigenvalue weighted by atomic mass is 10.1. The molecule has 1 aromatic rings. The number of nitrogens with zero attached hydrogens (tertiary/aromatic N) is 2. The van der Waals surface area contributed by atoms with E-state index in [4.69, 9.17) is 9.94 Å². The van der Waals surface area contributed by atoms with Gasteiger partial charge in [0.25, 0.3) is 11.8 Å². The van der Waals surface area contributed by atoms with E-state index in [9.17, 15) is 23.0 Å². The molecule has 2 atom stereocenters. The summed E-state index contributed by atoms with van der Waals surface area (Å²) in [4.78, 5) is 42.8. The Balaban J connectivity index is 2.21. The molecular weight excluding hydrogens is 367 g/mol. The molecule has 1 aromatic carbocycles. The molecule has 0 aliphatic carbocycles. The van der Waals surface area contributed by atoms with E-state index in [0.717, 1.165) is 22.1 Å². The summed E-state index contributed by atoms with van der Waals surface area (Å²) in [7, 11) is -0.277. The molecule has 0 saturated carbocycles. The molecule has 2 unspecified atom stereocenters. The van der Waals surface area contributed by atoms with Gasteiger partial charge >= 0.3 is 0 Å². The smallest absolute Gasteiger partial charge is 0.290 e. The number of rotatable bonds is 7. The fourth-order valence-corrected chi connectivity index (χ4v) is 3.46. The van der Waals surface area contributed by atoms with Gasteiger partial charge in [0.15, 0.2) is 0 Å². The Morgan fingerprint density at radius 1 is 1.46 bits per heavy atom. The Morgan fingerprint density at radius 2 is 2.15 bits per heavy atom. The van der Waals surface area contributed by atoms with Crippen molar-refractivity contribution in [2.24, 2.45) is 5.92 Å². The van der Waals surface area contributed by atoms with Crippen molar-refractivity contribution in [1.29, 1.82) is 0 Å². The molecule has 1 saturated heterocycles. The molecule has 1 aliphatic rings. The van der Waals surface area contributed by atoms with Crippen molar-refractivity contribution in [2.75, 3.05) is 33.1 Å². The van der Waals surface area contributed by atoms with Crippen LogP contribution in [-0.2, 0) is 36.6 Å². The number of ketones is 1. The molecule has 2 amide bonds. The van der Waals surface area contributed by atoms with Gasteiger partial charge in [-0.15, -0.1) is 0 Å². The summed E-state index contributed by atoms with van der Waals surface area (Å²) in [6, 6.07) is 3.65. The summed E-state index contributed by atoms with van der Waals surface area (Å²) in [5.41, 5.74) is 0.395. The number of β-amino-alcohol motifs (C(OH)–C–C–N with tert-alkyl or cyclic N) is 1. The van der Waals surface area contributed by atoms with Crippen molar-refractivity contribution in [3.63, 3.8) is 0 Å². The number of carbonyl (C=O) groups is 3. The van der Waals surface area contributed by atoms with E-state index in [2.05, 4.69) is 0 Å². The standard InChI is InChI=1S/C16H19FN2O6S/c1-25-19(8-10-3-4-11(17)7-13(10)26(2)24)15(22)12-9-18(5-6-20)16(23)14(12)21/h3-4,7,12,20H,5-6,8-9H2,1-2H3. The van der Waals surface area contributed by atoms with Gasteiger partial charge in [-0.05, 0) is 17.7 Å². The number of aliphatic hydroxyl groups is 1. The van der Waals surface area contributed by atoms with Gasteiger partial charge in [0.1, 0.15) is 11.7 Å². The van der Waals surface area contributed by atoms with Crippen LogP contribution in [0.5, 0.6) is 0 Å². The Kier molecular flexibility index (Phi) is 6.57. The lowest BCUT2D eigenvalue weighted by molar-refractivity contribution is -0.184. The van der Waals surface area contributed by atoms with Crippen LogP contribution in [0.4, 0.5) is 4.39 Å². The van der Waals surface area contributed by atoms with Crippen LogP contribution in [0.3, 0.4) is 0 Å². The minimum Gasteiger partial charge on any atom is -0.395 e. The van der Waals surface area contributed by atoms with Crippen LogP contribution >= 0.6 is 0 Å². The number of likely N-dealkylation sites (tertiary alicyclic amines) is 1. The van der Waals surface area contributed by atoms with Gasteiger partial charge < -0.3 is 10.0 Å².